The maximum atomic E-state index is 12.6. The van der Waals surface area contributed by atoms with Crippen molar-refractivity contribution in [1.29, 1.82) is 0 Å². The highest BCUT2D eigenvalue weighted by Crippen LogP contribution is 2.17. The lowest BCUT2D eigenvalue weighted by atomic mass is 10.0. The second kappa shape index (κ2) is 7.31. The van der Waals surface area contributed by atoms with Crippen LogP contribution in [0.4, 0.5) is 0 Å². The van der Waals surface area contributed by atoms with Gasteiger partial charge in [-0.1, -0.05) is 6.07 Å². The average Bonchev–Trinajstić information content (AvgIpc) is 3.21. The first-order chi connectivity index (χ1) is 12.3. The summed E-state index contributed by atoms with van der Waals surface area (Å²) in [4.78, 5) is 18.8. The van der Waals surface area contributed by atoms with E-state index >= 15 is 0 Å². The fourth-order valence-electron chi connectivity index (χ4n) is 3.71. The Labute approximate surface area is 147 Å². The van der Waals surface area contributed by atoms with Gasteiger partial charge in [-0.3, -0.25) is 9.78 Å². The summed E-state index contributed by atoms with van der Waals surface area (Å²) in [6.07, 6.45) is 6.91. The predicted molar refractivity (Wildman–Crippen MR) is 92.9 cm³/mol. The molecule has 4 rings (SSSR count). The Bertz CT molecular complexity index is 722. The first kappa shape index (κ1) is 16.2. The second-order valence-corrected chi connectivity index (χ2v) is 6.92. The van der Waals surface area contributed by atoms with E-state index in [2.05, 4.69) is 31.1 Å². The number of nitrogens with zero attached hydrogens (tertiary/aromatic N) is 5. The second-order valence-electron chi connectivity index (χ2n) is 6.92. The number of carbonyl (C=O) groups is 1. The van der Waals surface area contributed by atoms with Crippen molar-refractivity contribution < 1.29 is 4.79 Å². The Kier molecular flexibility index (Phi) is 4.74. The first-order valence-electron chi connectivity index (χ1n) is 9.08. The van der Waals surface area contributed by atoms with Crippen LogP contribution >= 0.6 is 0 Å². The minimum Gasteiger partial charge on any atom is -0.340 e. The molecular weight excluding hydrogens is 316 g/mol. The number of amides is 1. The van der Waals surface area contributed by atoms with Crippen LogP contribution in [0, 0.1) is 5.92 Å². The summed E-state index contributed by atoms with van der Waals surface area (Å²) in [6.45, 7) is 4.26. The topological polar surface area (TPSA) is 75.9 Å². The molecule has 0 bridgehead atoms. The monoisotopic (exact) mass is 340 g/mol. The van der Waals surface area contributed by atoms with Gasteiger partial charge >= 0.3 is 0 Å². The molecule has 0 aromatic carbocycles. The van der Waals surface area contributed by atoms with E-state index in [0.717, 1.165) is 69.2 Å². The van der Waals surface area contributed by atoms with Gasteiger partial charge in [-0.05, 0) is 37.1 Å². The van der Waals surface area contributed by atoms with Crippen LogP contribution in [0.25, 0.3) is 0 Å². The minimum absolute atomic E-state index is 0.279. The Morgan fingerprint density at radius 3 is 3.04 bits per heavy atom. The number of hydrogen-bond acceptors (Lipinski definition) is 5. The number of nitrogens with one attached hydrogen (secondary N) is 1. The molecule has 132 valence electrons. The molecular formula is C18H24N6O. The van der Waals surface area contributed by atoms with Crippen LogP contribution in [0.5, 0.6) is 0 Å². The molecule has 2 aliphatic rings. The van der Waals surface area contributed by atoms with Crippen LogP contribution in [-0.4, -0.2) is 56.7 Å². The zero-order valence-electron chi connectivity index (χ0n) is 14.4. The Balaban J connectivity index is 1.41. The Morgan fingerprint density at radius 1 is 1.28 bits per heavy atom. The van der Waals surface area contributed by atoms with Crippen molar-refractivity contribution in [2.75, 3.05) is 26.2 Å². The van der Waals surface area contributed by atoms with Crippen molar-refractivity contribution in [3.8, 4) is 0 Å². The van der Waals surface area contributed by atoms with E-state index in [0.29, 0.717) is 12.3 Å². The van der Waals surface area contributed by atoms with E-state index in [9.17, 15) is 4.79 Å². The molecule has 7 nitrogen and oxygen atoms in total. The van der Waals surface area contributed by atoms with E-state index in [4.69, 9.17) is 0 Å². The highest BCUT2D eigenvalue weighted by Gasteiger charge is 2.25. The van der Waals surface area contributed by atoms with Crippen molar-refractivity contribution in [3.63, 3.8) is 0 Å². The van der Waals surface area contributed by atoms with E-state index in [1.54, 1.807) is 6.20 Å². The third-order valence-corrected chi connectivity index (χ3v) is 5.17. The molecule has 0 spiro atoms. The number of pyridine rings is 1. The van der Waals surface area contributed by atoms with Crippen molar-refractivity contribution in [2.45, 2.75) is 32.2 Å². The lowest BCUT2D eigenvalue weighted by molar-refractivity contribution is -0.132. The van der Waals surface area contributed by atoms with E-state index in [-0.39, 0.29) is 5.91 Å². The molecule has 1 N–H and O–H groups in total. The van der Waals surface area contributed by atoms with Gasteiger partial charge in [0.2, 0.25) is 5.91 Å². The highest BCUT2D eigenvalue weighted by atomic mass is 16.2. The third-order valence-electron chi connectivity index (χ3n) is 5.17. The summed E-state index contributed by atoms with van der Waals surface area (Å²) >= 11 is 0. The van der Waals surface area contributed by atoms with Gasteiger partial charge in [-0.15, -0.1) is 10.2 Å². The number of rotatable bonds is 4. The van der Waals surface area contributed by atoms with Crippen molar-refractivity contribution in [1.82, 2.24) is 30.0 Å². The zero-order valence-corrected chi connectivity index (χ0v) is 14.4. The summed E-state index contributed by atoms with van der Waals surface area (Å²) in [7, 11) is 0. The fraction of sp³-hybridized carbons (Fsp3) is 0.556. The van der Waals surface area contributed by atoms with Crippen LogP contribution in [0.2, 0.25) is 0 Å². The Hall–Kier alpha value is -2.28. The molecule has 2 aliphatic heterocycles. The summed E-state index contributed by atoms with van der Waals surface area (Å²) < 4.78 is 2.18. The first-order valence-corrected chi connectivity index (χ1v) is 9.08. The highest BCUT2D eigenvalue weighted by molar-refractivity contribution is 5.76. The molecule has 2 aromatic rings. The quantitative estimate of drug-likeness (QED) is 0.884. The fourth-order valence-corrected chi connectivity index (χ4v) is 3.71. The molecule has 0 saturated carbocycles. The average molecular weight is 340 g/mol. The maximum Gasteiger partial charge on any atom is 0.222 e. The van der Waals surface area contributed by atoms with Crippen LogP contribution in [0.15, 0.2) is 24.5 Å². The van der Waals surface area contributed by atoms with Gasteiger partial charge in [-0.2, -0.15) is 0 Å². The standard InChI is InChI=1S/C18H24N6O/c25-18(11-15-3-6-20-13-15)23-7-4-16-21-22-17(24(16)9-8-23)10-14-2-1-5-19-12-14/h1-2,5,12,15,20H,3-4,6-11,13H2/t15-/m1/s1. The molecule has 4 heterocycles. The van der Waals surface area contributed by atoms with Crippen LogP contribution in [0.3, 0.4) is 0 Å². The van der Waals surface area contributed by atoms with Gasteiger partial charge < -0.3 is 14.8 Å². The SMILES string of the molecule is O=C(C[C@H]1CCNC1)N1CCc2nnc(Cc3cccnc3)n2CC1. The van der Waals surface area contributed by atoms with Gasteiger partial charge in [0.1, 0.15) is 11.6 Å². The molecule has 7 heteroatoms. The molecule has 1 saturated heterocycles. The van der Waals surface area contributed by atoms with Crippen molar-refractivity contribution >= 4 is 5.91 Å². The maximum absolute atomic E-state index is 12.6. The van der Waals surface area contributed by atoms with Gasteiger partial charge in [0, 0.05) is 51.3 Å². The van der Waals surface area contributed by atoms with Gasteiger partial charge in [-0.25, -0.2) is 0 Å². The number of fused-ring (bicyclic) bond motifs is 1. The van der Waals surface area contributed by atoms with E-state index in [1.165, 1.54) is 0 Å². The molecule has 1 amide bonds. The lowest BCUT2D eigenvalue weighted by Crippen LogP contribution is -2.35. The summed E-state index contributed by atoms with van der Waals surface area (Å²) in [5, 5.41) is 12.1. The number of carbonyl (C=O) groups excluding carboxylic acids is 1. The summed E-state index contributed by atoms with van der Waals surface area (Å²) in [6, 6.07) is 3.99. The van der Waals surface area contributed by atoms with Crippen LogP contribution < -0.4 is 5.32 Å². The molecule has 0 unspecified atom stereocenters. The summed E-state index contributed by atoms with van der Waals surface area (Å²) in [5.41, 5.74) is 1.13. The lowest BCUT2D eigenvalue weighted by Gasteiger charge is -2.21. The zero-order chi connectivity index (χ0) is 17.1. The molecule has 1 fully saturated rings. The molecule has 0 aliphatic carbocycles. The normalized spacial score (nSPS) is 20.3. The minimum atomic E-state index is 0.279. The molecule has 0 radical (unpaired) electrons. The van der Waals surface area contributed by atoms with Gasteiger partial charge in [0.05, 0.1) is 0 Å². The smallest absolute Gasteiger partial charge is 0.222 e. The van der Waals surface area contributed by atoms with Gasteiger partial charge in [0.25, 0.3) is 0 Å². The molecule has 25 heavy (non-hydrogen) atoms. The largest absolute Gasteiger partial charge is 0.340 e. The summed E-state index contributed by atoms with van der Waals surface area (Å²) in [5.74, 6) is 2.71. The van der Waals surface area contributed by atoms with Crippen LogP contribution in [0.1, 0.15) is 30.1 Å². The van der Waals surface area contributed by atoms with Crippen molar-refractivity contribution in [2.24, 2.45) is 5.92 Å². The number of aromatic nitrogens is 4. The third kappa shape index (κ3) is 3.71. The number of hydrogen-bond donors (Lipinski definition) is 1. The molecule has 1 atom stereocenters. The van der Waals surface area contributed by atoms with E-state index < -0.39 is 0 Å². The van der Waals surface area contributed by atoms with Gasteiger partial charge in [0.15, 0.2) is 0 Å². The predicted octanol–water partition coefficient (Wildman–Crippen LogP) is 0.648. The molecule has 2 aromatic heterocycles. The van der Waals surface area contributed by atoms with E-state index in [1.807, 2.05) is 17.2 Å². The Morgan fingerprint density at radius 2 is 2.24 bits per heavy atom. The van der Waals surface area contributed by atoms with Crippen LogP contribution in [-0.2, 0) is 24.2 Å². The van der Waals surface area contributed by atoms with Crippen molar-refractivity contribution in [3.05, 3.63) is 41.7 Å².